The lowest BCUT2D eigenvalue weighted by Gasteiger charge is -2.13. The molecule has 0 spiro atoms. The van der Waals surface area contributed by atoms with Gasteiger partial charge in [0.25, 0.3) is 0 Å². The molecule has 0 aliphatic carbocycles. The molecular formula is C26H18ClF3N4OS. The molecule has 5 rings (SSSR count). The van der Waals surface area contributed by atoms with Crippen molar-refractivity contribution >= 4 is 29.0 Å². The van der Waals surface area contributed by atoms with Crippen LogP contribution in [0.2, 0.25) is 5.02 Å². The van der Waals surface area contributed by atoms with Crippen molar-refractivity contribution in [2.75, 3.05) is 6.26 Å². The van der Waals surface area contributed by atoms with E-state index in [-0.39, 0.29) is 6.54 Å². The fraction of sp³-hybridized carbons (Fsp3) is 0.115. The van der Waals surface area contributed by atoms with Crippen molar-refractivity contribution in [1.29, 1.82) is 0 Å². The maximum Gasteiger partial charge on any atom is 0.416 e. The molecule has 0 amide bonds. The molecule has 0 N–H and O–H groups in total. The van der Waals surface area contributed by atoms with Gasteiger partial charge in [-0.2, -0.15) is 13.2 Å². The molecule has 0 saturated carbocycles. The first-order valence-electron chi connectivity index (χ1n) is 10.8. The standard InChI is InChI=1S/C26H18ClF3N4OS/c1-36-24-31-22(18-9-13-20(27)14-10-18)21(17-5-3-2-4-6-17)23-32-33(25(35)34(23)24)15-16-7-11-19(12-8-16)26(28,29)30/h2-14H,15H2,1H3. The monoisotopic (exact) mass is 526 g/mol. The van der Waals surface area contributed by atoms with Crippen LogP contribution >= 0.6 is 23.4 Å². The van der Waals surface area contributed by atoms with Gasteiger partial charge in [0.1, 0.15) is 0 Å². The number of rotatable bonds is 5. The van der Waals surface area contributed by atoms with E-state index in [2.05, 4.69) is 5.10 Å². The minimum Gasteiger partial charge on any atom is -0.245 e. The summed E-state index contributed by atoms with van der Waals surface area (Å²) in [5.74, 6) is 0. The average molecular weight is 527 g/mol. The second-order valence-corrected chi connectivity index (χ2v) is 9.20. The smallest absolute Gasteiger partial charge is 0.245 e. The Bertz CT molecular complexity index is 1600. The van der Waals surface area contributed by atoms with Crippen LogP contribution in [0.1, 0.15) is 11.1 Å². The fourth-order valence-electron chi connectivity index (χ4n) is 3.95. The second kappa shape index (κ2) is 9.48. The zero-order valence-corrected chi connectivity index (χ0v) is 20.4. The Hall–Kier alpha value is -3.56. The summed E-state index contributed by atoms with van der Waals surface area (Å²) in [5, 5.41) is 5.66. The largest absolute Gasteiger partial charge is 0.416 e. The Morgan fingerprint density at radius 2 is 1.58 bits per heavy atom. The Morgan fingerprint density at radius 3 is 2.19 bits per heavy atom. The summed E-state index contributed by atoms with van der Waals surface area (Å²) in [6, 6.07) is 21.4. The number of benzene rings is 3. The van der Waals surface area contributed by atoms with Gasteiger partial charge in [-0.15, -0.1) is 5.10 Å². The van der Waals surface area contributed by atoms with Gasteiger partial charge in [0.15, 0.2) is 10.8 Å². The lowest BCUT2D eigenvalue weighted by molar-refractivity contribution is -0.137. The molecule has 5 nitrogen and oxygen atoms in total. The van der Waals surface area contributed by atoms with Crippen molar-refractivity contribution in [3.8, 4) is 22.4 Å². The van der Waals surface area contributed by atoms with Crippen LogP contribution in [0.5, 0.6) is 0 Å². The minimum atomic E-state index is -4.43. The highest BCUT2D eigenvalue weighted by Gasteiger charge is 2.30. The van der Waals surface area contributed by atoms with Gasteiger partial charge in [0, 0.05) is 10.6 Å². The van der Waals surface area contributed by atoms with Crippen LogP contribution in [-0.4, -0.2) is 25.4 Å². The highest BCUT2D eigenvalue weighted by atomic mass is 35.5. The Balaban J connectivity index is 1.72. The van der Waals surface area contributed by atoms with Gasteiger partial charge in [-0.25, -0.2) is 18.9 Å². The molecule has 2 heterocycles. The van der Waals surface area contributed by atoms with Crippen molar-refractivity contribution in [2.45, 2.75) is 17.9 Å². The van der Waals surface area contributed by atoms with Gasteiger partial charge in [0.05, 0.1) is 23.4 Å². The summed E-state index contributed by atoms with van der Waals surface area (Å²) >= 11 is 7.40. The summed E-state index contributed by atoms with van der Waals surface area (Å²) in [6.07, 6.45) is -2.62. The third-order valence-corrected chi connectivity index (χ3v) is 6.57. The van der Waals surface area contributed by atoms with Gasteiger partial charge in [0.2, 0.25) is 0 Å². The van der Waals surface area contributed by atoms with Crippen LogP contribution in [0.25, 0.3) is 28.0 Å². The van der Waals surface area contributed by atoms with E-state index in [1.165, 1.54) is 33.0 Å². The molecule has 0 unspecified atom stereocenters. The average Bonchev–Trinajstić information content (AvgIpc) is 3.19. The van der Waals surface area contributed by atoms with Crippen molar-refractivity contribution in [2.24, 2.45) is 0 Å². The molecule has 0 bridgehead atoms. The van der Waals surface area contributed by atoms with Crippen molar-refractivity contribution in [3.63, 3.8) is 0 Å². The lowest BCUT2D eigenvalue weighted by Crippen LogP contribution is -2.23. The summed E-state index contributed by atoms with van der Waals surface area (Å²) < 4.78 is 41.5. The molecule has 0 aliphatic heterocycles. The number of alkyl halides is 3. The Kier molecular flexibility index (Phi) is 6.36. The van der Waals surface area contributed by atoms with Gasteiger partial charge in [-0.1, -0.05) is 78.0 Å². The SMILES string of the molecule is CSc1nc(-c2ccc(Cl)cc2)c(-c2ccccc2)c2nn(Cc3ccc(C(F)(F)F)cc3)c(=O)n12. The predicted octanol–water partition coefficient (Wildman–Crippen LogP) is 6.67. The van der Waals surface area contributed by atoms with Crippen LogP contribution in [-0.2, 0) is 12.7 Å². The van der Waals surface area contributed by atoms with Gasteiger partial charge < -0.3 is 0 Å². The summed E-state index contributed by atoms with van der Waals surface area (Å²) in [7, 11) is 0. The fourth-order valence-corrected chi connectivity index (χ4v) is 4.60. The summed E-state index contributed by atoms with van der Waals surface area (Å²) in [6.45, 7) is 0.0109. The van der Waals surface area contributed by atoms with Crippen molar-refractivity contribution in [3.05, 3.63) is 105 Å². The van der Waals surface area contributed by atoms with Crippen LogP contribution in [0, 0.1) is 0 Å². The lowest BCUT2D eigenvalue weighted by atomic mass is 10.0. The second-order valence-electron chi connectivity index (χ2n) is 7.99. The topological polar surface area (TPSA) is 52.2 Å². The predicted molar refractivity (Wildman–Crippen MR) is 135 cm³/mol. The first kappa shape index (κ1) is 24.1. The van der Waals surface area contributed by atoms with E-state index in [1.54, 1.807) is 12.1 Å². The maximum atomic E-state index is 13.4. The molecule has 182 valence electrons. The zero-order chi connectivity index (χ0) is 25.4. The molecule has 0 aliphatic rings. The molecule has 0 atom stereocenters. The molecule has 3 aromatic carbocycles. The highest BCUT2D eigenvalue weighted by Crippen LogP contribution is 2.35. The van der Waals surface area contributed by atoms with E-state index in [4.69, 9.17) is 16.6 Å². The van der Waals surface area contributed by atoms with Crippen LogP contribution in [0.3, 0.4) is 0 Å². The Labute approximate surface area is 213 Å². The van der Waals surface area contributed by atoms with E-state index in [9.17, 15) is 18.0 Å². The molecule has 0 saturated heterocycles. The number of nitrogens with zero attached hydrogens (tertiary/aromatic N) is 4. The minimum absolute atomic E-state index is 0.0109. The summed E-state index contributed by atoms with van der Waals surface area (Å²) in [5.41, 5.74) is 2.68. The maximum absolute atomic E-state index is 13.4. The van der Waals surface area contributed by atoms with E-state index >= 15 is 0 Å². The third kappa shape index (κ3) is 4.52. The molecule has 10 heteroatoms. The van der Waals surface area contributed by atoms with Gasteiger partial charge >= 0.3 is 11.9 Å². The van der Waals surface area contributed by atoms with Crippen molar-refractivity contribution in [1.82, 2.24) is 19.2 Å². The molecule has 0 radical (unpaired) electrons. The van der Waals surface area contributed by atoms with E-state index < -0.39 is 17.4 Å². The number of halogens is 4. The summed E-state index contributed by atoms with van der Waals surface area (Å²) in [4.78, 5) is 18.2. The molecular weight excluding hydrogens is 509 g/mol. The Morgan fingerprint density at radius 1 is 0.917 bits per heavy atom. The first-order chi connectivity index (χ1) is 17.3. The van der Waals surface area contributed by atoms with Gasteiger partial charge in [-0.3, -0.25) is 0 Å². The highest BCUT2D eigenvalue weighted by molar-refractivity contribution is 7.98. The first-order valence-corrected chi connectivity index (χ1v) is 12.4. The van der Waals surface area contributed by atoms with Gasteiger partial charge in [-0.05, 0) is 41.6 Å². The number of thioether (sulfide) groups is 1. The number of fused-ring (bicyclic) bond motifs is 1. The molecule has 36 heavy (non-hydrogen) atoms. The van der Waals surface area contributed by atoms with Crippen LogP contribution < -0.4 is 5.69 Å². The van der Waals surface area contributed by atoms with E-state index in [0.717, 1.165) is 23.3 Å². The molecule has 2 aromatic heterocycles. The van der Waals surface area contributed by atoms with E-state index in [1.807, 2.05) is 48.7 Å². The number of hydrogen-bond acceptors (Lipinski definition) is 4. The van der Waals surface area contributed by atoms with Crippen LogP contribution in [0.4, 0.5) is 13.2 Å². The molecule has 0 fully saturated rings. The normalized spacial score (nSPS) is 11.8. The quantitative estimate of drug-likeness (QED) is 0.190. The number of hydrogen-bond donors (Lipinski definition) is 0. The van der Waals surface area contributed by atoms with Crippen molar-refractivity contribution < 1.29 is 13.2 Å². The number of aromatic nitrogens is 4. The van der Waals surface area contributed by atoms with Crippen LogP contribution in [0.15, 0.2) is 88.8 Å². The zero-order valence-electron chi connectivity index (χ0n) is 18.8. The molecule has 5 aromatic rings. The third-order valence-electron chi connectivity index (χ3n) is 5.67. The van der Waals surface area contributed by atoms with E-state index in [0.29, 0.717) is 32.6 Å².